The molecular weight excluding hydrogens is 475 g/mol. The number of aromatic nitrogens is 4. The van der Waals surface area contributed by atoms with E-state index in [-0.39, 0.29) is 18.7 Å². The molecule has 10 heteroatoms. The molecule has 0 saturated carbocycles. The van der Waals surface area contributed by atoms with Gasteiger partial charge in [-0.15, -0.1) is 0 Å². The minimum atomic E-state index is -1.01. The van der Waals surface area contributed by atoms with Gasteiger partial charge in [0.1, 0.15) is 30.1 Å². The Balaban J connectivity index is 1.35. The van der Waals surface area contributed by atoms with E-state index >= 15 is 0 Å². The molecule has 1 aliphatic rings. The summed E-state index contributed by atoms with van der Waals surface area (Å²) >= 11 is 0. The van der Waals surface area contributed by atoms with Gasteiger partial charge in [-0.05, 0) is 50.1 Å². The Hall–Kier alpha value is -4.07. The number of pyridine rings is 3. The Labute approximate surface area is 213 Å². The molecule has 2 N–H and O–H groups in total. The molecule has 0 unspecified atom stereocenters. The SMILES string of the molecule is C[C@@H](O)COc1cc(-c2ccc(N3CCC(O)(Cc4ncccc4F)CC3)nc2)c2c(C#N)cnn2c1. The Bertz CT molecular complexity index is 1440. The summed E-state index contributed by atoms with van der Waals surface area (Å²) in [6.07, 6.45) is 6.94. The summed E-state index contributed by atoms with van der Waals surface area (Å²) in [5.41, 5.74) is 1.86. The zero-order valence-corrected chi connectivity index (χ0v) is 20.4. The third-order valence-corrected chi connectivity index (χ3v) is 6.61. The number of hydrogen-bond acceptors (Lipinski definition) is 8. The number of nitrogens with zero attached hydrogens (tertiary/aromatic N) is 6. The summed E-state index contributed by atoms with van der Waals surface area (Å²) in [6, 6.07) is 10.7. The first-order valence-electron chi connectivity index (χ1n) is 12.1. The average Bonchev–Trinajstić information content (AvgIpc) is 3.32. The summed E-state index contributed by atoms with van der Waals surface area (Å²) in [5, 5.41) is 34.5. The van der Waals surface area contributed by atoms with Crippen LogP contribution in [0.3, 0.4) is 0 Å². The standard InChI is InChI=1S/C27H27FN6O3/c1-18(35)17-37-21-11-22(26-20(13-29)15-32-34(26)16-21)19-4-5-25(31-14-19)33-9-6-27(36,7-10-33)12-24-23(28)3-2-8-30-24/h2-5,8,11,14-16,18,35-36H,6-7,9-10,12,17H2,1H3/t18-/m1/s1. The molecule has 0 aliphatic carbocycles. The molecule has 0 bridgehead atoms. The highest BCUT2D eigenvalue weighted by Crippen LogP contribution is 2.33. The molecule has 1 atom stereocenters. The van der Waals surface area contributed by atoms with Crippen molar-refractivity contribution in [2.75, 3.05) is 24.6 Å². The molecule has 9 nitrogen and oxygen atoms in total. The highest BCUT2D eigenvalue weighted by Gasteiger charge is 2.34. The van der Waals surface area contributed by atoms with Crippen molar-refractivity contribution >= 4 is 11.3 Å². The number of halogens is 1. The second-order valence-electron chi connectivity index (χ2n) is 9.44. The van der Waals surface area contributed by atoms with E-state index in [1.54, 1.807) is 29.9 Å². The van der Waals surface area contributed by atoms with E-state index in [1.807, 2.05) is 18.2 Å². The second-order valence-corrected chi connectivity index (χ2v) is 9.44. The van der Waals surface area contributed by atoms with Crippen molar-refractivity contribution in [1.29, 1.82) is 5.26 Å². The number of fused-ring (bicyclic) bond motifs is 1. The first-order chi connectivity index (χ1) is 17.8. The third-order valence-electron chi connectivity index (χ3n) is 6.61. The number of rotatable bonds is 7. The third kappa shape index (κ3) is 5.23. The minimum Gasteiger partial charge on any atom is -0.489 e. The zero-order chi connectivity index (χ0) is 26.0. The number of ether oxygens (including phenoxy) is 1. The van der Waals surface area contributed by atoms with E-state index in [2.05, 4.69) is 26.0 Å². The van der Waals surface area contributed by atoms with Gasteiger partial charge in [0.05, 0.1) is 40.9 Å². The molecule has 1 aliphatic heterocycles. The first kappa shape index (κ1) is 24.6. The molecule has 1 saturated heterocycles. The summed E-state index contributed by atoms with van der Waals surface area (Å²) in [6.45, 7) is 2.92. The Morgan fingerprint density at radius 2 is 2.03 bits per heavy atom. The van der Waals surface area contributed by atoms with Crippen molar-refractivity contribution < 1.29 is 19.3 Å². The van der Waals surface area contributed by atoms with Gasteiger partial charge < -0.3 is 19.8 Å². The Morgan fingerprint density at radius 3 is 2.70 bits per heavy atom. The fourth-order valence-electron chi connectivity index (χ4n) is 4.62. The van der Waals surface area contributed by atoms with Crippen molar-refractivity contribution in [2.45, 2.75) is 37.9 Å². The lowest BCUT2D eigenvalue weighted by Gasteiger charge is -2.38. The fourth-order valence-corrected chi connectivity index (χ4v) is 4.62. The smallest absolute Gasteiger partial charge is 0.144 e. The van der Waals surface area contributed by atoms with E-state index < -0.39 is 17.5 Å². The molecule has 0 amide bonds. The molecule has 37 heavy (non-hydrogen) atoms. The predicted octanol–water partition coefficient (Wildman–Crippen LogP) is 3.14. The number of aliphatic hydroxyl groups excluding tert-OH is 1. The molecule has 5 rings (SSSR count). The van der Waals surface area contributed by atoms with Gasteiger partial charge in [0, 0.05) is 43.0 Å². The predicted molar refractivity (Wildman–Crippen MR) is 135 cm³/mol. The van der Waals surface area contributed by atoms with Crippen molar-refractivity contribution in [1.82, 2.24) is 19.6 Å². The normalized spacial score (nSPS) is 15.9. The van der Waals surface area contributed by atoms with Gasteiger partial charge in [-0.25, -0.2) is 13.9 Å². The highest BCUT2D eigenvalue weighted by atomic mass is 19.1. The first-order valence-corrected chi connectivity index (χ1v) is 12.1. The van der Waals surface area contributed by atoms with Crippen LogP contribution in [0.1, 0.15) is 31.0 Å². The molecule has 1 fully saturated rings. The van der Waals surface area contributed by atoms with Crippen LogP contribution < -0.4 is 9.64 Å². The van der Waals surface area contributed by atoms with Gasteiger partial charge in [0.15, 0.2) is 0 Å². The van der Waals surface area contributed by atoms with Crippen molar-refractivity contribution in [3.8, 4) is 22.9 Å². The van der Waals surface area contributed by atoms with Crippen LogP contribution >= 0.6 is 0 Å². The average molecular weight is 503 g/mol. The number of anilines is 1. The van der Waals surface area contributed by atoms with Crippen LogP contribution in [0.2, 0.25) is 0 Å². The fraction of sp³-hybridized carbons (Fsp3) is 0.333. The Kier molecular flexibility index (Phi) is 6.74. The highest BCUT2D eigenvalue weighted by molar-refractivity contribution is 5.85. The van der Waals surface area contributed by atoms with E-state index in [0.29, 0.717) is 42.8 Å². The van der Waals surface area contributed by atoms with E-state index in [9.17, 15) is 19.9 Å². The number of hydrogen-bond donors (Lipinski definition) is 2. The number of piperidine rings is 1. The molecule has 190 valence electrons. The lowest BCUT2D eigenvalue weighted by Crippen LogP contribution is -2.46. The second kappa shape index (κ2) is 10.1. The molecular formula is C27H27FN6O3. The number of nitriles is 1. The van der Waals surface area contributed by atoms with Gasteiger partial charge in [-0.3, -0.25) is 4.98 Å². The lowest BCUT2D eigenvalue weighted by atomic mass is 9.86. The summed E-state index contributed by atoms with van der Waals surface area (Å²) in [5.74, 6) is 0.879. The largest absolute Gasteiger partial charge is 0.489 e. The van der Waals surface area contributed by atoms with E-state index in [0.717, 1.165) is 16.9 Å². The van der Waals surface area contributed by atoms with Gasteiger partial charge in [0.25, 0.3) is 0 Å². The monoisotopic (exact) mass is 502 g/mol. The molecule has 4 aromatic rings. The minimum absolute atomic E-state index is 0.128. The summed E-state index contributed by atoms with van der Waals surface area (Å²) in [4.78, 5) is 10.8. The van der Waals surface area contributed by atoms with Gasteiger partial charge in [-0.1, -0.05) is 0 Å². The van der Waals surface area contributed by atoms with Crippen LogP contribution in [-0.4, -0.2) is 61.2 Å². The summed E-state index contributed by atoms with van der Waals surface area (Å²) in [7, 11) is 0. The van der Waals surface area contributed by atoms with Gasteiger partial charge in [0.2, 0.25) is 0 Å². The molecule has 4 aromatic heterocycles. The maximum absolute atomic E-state index is 14.0. The van der Waals surface area contributed by atoms with E-state index in [4.69, 9.17) is 4.74 Å². The zero-order valence-electron chi connectivity index (χ0n) is 20.4. The quantitative estimate of drug-likeness (QED) is 0.396. The molecule has 5 heterocycles. The Morgan fingerprint density at radius 1 is 1.22 bits per heavy atom. The van der Waals surface area contributed by atoms with Crippen molar-refractivity contribution in [3.63, 3.8) is 0 Å². The maximum atomic E-state index is 14.0. The maximum Gasteiger partial charge on any atom is 0.144 e. The molecule has 0 aromatic carbocycles. The van der Waals surface area contributed by atoms with Crippen LogP contribution in [0.25, 0.3) is 16.6 Å². The van der Waals surface area contributed by atoms with E-state index in [1.165, 1.54) is 18.5 Å². The topological polar surface area (TPSA) is 120 Å². The van der Waals surface area contributed by atoms with Crippen LogP contribution in [0.5, 0.6) is 5.75 Å². The van der Waals surface area contributed by atoms with Gasteiger partial charge in [-0.2, -0.15) is 10.4 Å². The van der Waals surface area contributed by atoms with Crippen LogP contribution in [-0.2, 0) is 6.42 Å². The van der Waals surface area contributed by atoms with Crippen molar-refractivity contribution in [2.24, 2.45) is 0 Å². The van der Waals surface area contributed by atoms with Crippen LogP contribution in [0, 0.1) is 17.1 Å². The number of aliphatic hydroxyl groups is 2. The van der Waals surface area contributed by atoms with Crippen LogP contribution in [0.15, 0.2) is 55.1 Å². The summed E-state index contributed by atoms with van der Waals surface area (Å²) < 4.78 is 21.3. The van der Waals surface area contributed by atoms with Gasteiger partial charge >= 0.3 is 0 Å². The lowest BCUT2D eigenvalue weighted by molar-refractivity contribution is 0.0147. The van der Waals surface area contributed by atoms with Crippen molar-refractivity contribution in [3.05, 3.63) is 72.2 Å². The van der Waals surface area contributed by atoms with Crippen LogP contribution in [0.4, 0.5) is 10.2 Å². The molecule has 0 spiro atoms. The molecule has 0 radical (unpaired) electrons.